The maximum absolute atomic E-state index is 12.2. The first-order chi connectivity index (χ1) is 10.7. The Morgan fingerprint density at radius 1 is 1.35 bits per heavy atom. The lowest BCUT2D eigenvalue weighted by Gasteiger charge is -2.22. The smallest absolute Gasteiger partial charge is 0.341 e. The summed E-state index contributed by atoms with van der Waals surface area (Å²) in [5.41, 5.74) is 5.50. The van der Waals surface area contributed by atoms with E-state index in [9.17, 15) is 19.5 Å². The molecule has 5 N–H and O–H groups in total. The van der Waals surface area contributed by atoms with Gasteiger partial charge in [-0.2, -0.15) is 0 Å². The van der Waals surface area contributed by atoms with Crippen molar-refractivity contribution in [3.05, 3.63) is 33.2 Å². The quantitative estimate of drug-likeness (QED) is 0.575. The third-order valence-electron chi connectivity index (χ3n) is 3.34. The number of amides is 1. The van der Waals surface area contributed by atoms with E-state index in [0.29, 0.717) is 25.1 Å². The molecule has 1 aliphatic rings. The molecule has 1 aromatic heterocycles. The molecule has 23 heavy (non-hydrogen) atoms. The molecule has 1 amide bonds. The molecule has 9 nitrogen and oxygen atoms in total. The lowest BCUT2D eigenvalue weighted by Crippen LogP contribution is -2.38. The lowest BCUT2D eigenvalue weighted by molar-refractivity contribution is -0.134. The molecule has 1 atom stereocenters. The fourth-order valence-electron chi connectivity index (χ4n) is 2.24. The number of primary amides is 1. The van der Waals surface area contributed by atoms with E-state index in [1.54, 1.807) is 0 Å². The van der Waals surface area contributed by atoms with E-state index in [2.05, 4.69) is 5.32 Å². The number of carbonyl (C=O) groups is 3. The highest BCUT2D eigenvalue weighted by Crippen LogP contribution is 2.17. The highest BCUT2D eigenvalue weighted by Gasteiger charge is 2.25. The zero-order chi connectivity index (χ0) is 17.7. The minimum absolute atomic E-state index is 0.257. The summed E-state index contributed by atoms with van der Waals surface area (Å²) >= 11 is 0. The number of carboxylic acids is 2. The molecule has 2 heterocycles. The van der Waals surface area contributed by atoms with Crippen LogP contribution in [0, 0.1) is 0 Å². The summed E-state index contributed by atoms with van der Waals surface area (Å²) in [6, 6.07) is -0.877. The van der Waals surface area contributed by atoms with Crippen molar-refractivity contribution in [3.63, 3.8) is 0 Å². The summed E-state index contributed by atoms with van der Waals surface area (Å²) in [5, 5.41) is 19.7. The van der Waals surface area contributed by atoms with Crippen molar-refractivity contribution in [2.24, 2.45) is 5.73 Å². The molecule has 0 spiro atoms. The Morgan fingerprint density at radius 2 is 1.91 bits per heavy atom. The van der Waals surface area contributed by atoms with Gasteiger partial charge in [0.25, 0.3) is 11.5 Å². The molecule has 0 unspecified atom stereocenters. The number of carboxylic acid groups (broad SMARTS) is 2. The Balaban J connectivity index is 0.000000593. The Kier molecular flexibility index (Phi) is 6.02. The predicted molar refractivity (Wildman–Crippen MR) is 80.3 cm³/mol. The van der Waals surface area contributed by atoms with E-state index in [1.165, 1.54) is 13.1 Å². The number of nitrogens with one attached hydrogen (secondary N) is 1. The molecule has 0 fully saturated rings. The van der Waals surface area contributed by atoms with Crippen LogP contribution in [0.4, 0.5) is 0 Å². The van der Waals surface area contributed by atoms with Crippen molar-refractivity contribution in [1.82, 2.24) is 9.88 Å². The molecule has 1 aliphatic heterocycles. The second-order valence-electron chi connectivity index (χ2n) is 5.05. The van der Waals surface area contributed by atoms with E-state index in [1.807, 2.05) is 0 Å². The fourth-order valence-corrected chi connectivity index (χ4v) is 2.24. The third kappa shape index (κ3) is 4.39. The highest BCUT2D eigenvalue weighted by atomic mass is 16.4. The van der Waals surface area contributed by atoms with Gasteiger partial charge in [0.05, 0.1) is 0 Å². The number of aromatic carboxylic acids is 1. The van der Waals surface area contributed by atoms with Crippen LogP contribution < -0.4 is 16.6 Å². The monoisotopic (exact) mass is 325 g/mol. The largest absolute Gasteiger partial charge is 0.481 e. The van der Waals surface area contributed by atoms with Crippen LogP contribution in [0.3, 0.4) is 0 Å². The number of fused-ring (bicyclic) bond motifs is 1. The van der Waals surface area contributed by atoms with Crippen molar-refractivity contribution in [2.45, 2.75) is 32.9 Å². The standard InChI is InChI=1S/C12H15N3O4.C2H4O2/c1-6(10(13)16)15-5-7-4-14-3-2-8(7)9(11(15)17)12(18)19;1-2(3)4/h5-6,14H,2-4H2,1H3,(H2,13,16)(H,18,19);1H3,(H,3,4)/t6-;/m0./s1. The second-order valence-corrected chi connectivity index (χ2v) is 5.05. The van der Waals surface area contributed by atoms with Crippen LogP contribution in [0.25, 0.3) is 0 Å². The van der Waals surface area contributed by atoms with Crippen molar-refractivity contribution in [3.8, 4) is 0 Å². The average molecular weight is 325 g/mol. The Morgan fingerprint density at radius 3 is 2.39 bits per heavy atom. The van der Waals surface area contributed by atoms with Crippen LogP contribution >= 0.6 is 0 Å². The summed E-state index contributed by atoms with van der Waals surface area (Å²) in [6.45, 7) is 3.65. The summed E-state index contributed by atoms with van der Waals surface area (Å²) < 4.78 is 1.09. The third-order valence-corrected chi connectivity index (χ3v) is 3.34. The van der Waals surface area contributed by atoms with Crippen molar-refractivity contribution >= 4 is 17.8 Å². The van der Waals surface area contributed by atoms with Gasteiger partial charge in [-0.1, -0.05) is 0 Å². The van der Waals surface area contributed by atoms with Gasteiger partial charge in [-0.05, 0) is 31.0 Å². The molecule has 0 aromatic carbocycles. The first-order valence-electron chi connectivity index (χ1n) is 6.86. The molecule has 1 aromatic rings. The summed E-state index contributed by atoms with van der Waals surface area (Å²) in [7, 11) is 0. The molecule has 0 aliphatic carbocycles. The summed E-state index contributed by atoms with van der Waals surface area (Å²) in [4.78, 5) is 43.7. The van der Waals surface area contributed by atoms with Crippen LogP contribution in [0.5, 0.6) is 0 Å². The number of nitrogens with zero attached hydrogens (tertiary/aromatic N) is 1. The van der Waals surface area contributed by atoms with E-state index in [0.717, 1.165) is 17.1 Å². The molecule has 0 saturated carbocycles. The normalized spacial score (nSPS) is 14.0. The number of rotatable bonds is 3. The van der Waals surface area contributed by atoms with Gasteiger partial charge in [0.2, 0.25) is 5.91 Å². The number of nitrogens with two attached hydrogens (primary N) is 1. The number of carbonyl (C=O) groups excluding carboxylic acids is 1. The maximum Gasteiger partial charge on any atom is 0.341 e. The van der Waals surface area contributed by atoms with Gasteiger partial charge < -0.3 is 25.8 Å². The Labute approximate surface area is 131 Å². The molecular formula is C14H19N3O6. The number of hydrogen-bond donors (Lipinski definition) is 4. The van der Waals surface area contributed by atoms with E-state index >= 15 is 0 Å². The van der Waals surface area contributed by atoms with Crippen LogP contribution in [-0.2, 0) is 22.6 Å². The molecular weight excluding hydrogens is 306 g/mol. The van der Waals surface area contributed by atoms with Crippen molar-refractivity contribution in [1.29, 1.82) is 0 Å². The first-order valence-corrected chi connectivity index (χ1v) is 6.86. The molecule has 0 radical (unpaired) electrons. The Hall–Kier alpha value is -2.68. The molecule has 9 heteroatoms. The average Bonchev–Trinajstić information content (AvgIpc) is 2.44. The van der Waals surface area contributed by atoms with Gasteiger partial charge in [0.1, 0.15) is 11.6 Å². The highest BCUT2D eigenvalue weighted by molar-refractivity contribution is 5.89. The number of aliphatic carboxylic acids is 1. The summed E-state index contributed by atoms with van der Waals surface area (Å²) in [5.74, 6) is -2.78. The van der Waals surface area contributed by atoms with Crippen LogP contribution in [0.2, 0.25) is 0 Å². The van der Waals surface area contributed by atoms with Gasteiger partial charge in [-0.15, -0.1) is 0 Å². The van der Waals surface area contributed by atoms with Gasteiger partial charge >= 0.3 is 5.97 Å². The van der Waals surface area contributed by atoms with E-state index in [4.69, 9.17) is 15.6 Å². The van der Waals surface area contributed by atoms with Gasteiger partial charge in [-0.25, -0.2) is 4.79 Å². The molecule has 2 rings (SSSR count). The topological polar surface area (TPSA) is 152 Å². The lowest BCUT2D eigenvalue weighted by atomic mass is 9.97. The number of hydrogen-bond acceptors (Lipinski definition) is 5. The van der Waals surface area contributed by atoms with Crippen molar-refractivity contribution in [2.75, 3.05) is 6.54 Å². The number of pyridine rings is 1. The van der Waals surface area contributed by atoms with Crippen molar-refractivity contribution < 1.29 is 24.6 Å². The van der Waals surface area contributed by atoms with E-state index in [-0.39, 0.29) is 5.56 Å². The molecule has 0 bridgehead atoms. The minimum atomic E-state index is -1.27. The zero-order valence-corrected chi connectivity index (χ0v) is 12.8. The minimum Gasteiger partial charge on any atom is -0.481 e. The van der Waals surface area contributed by atoms with Gasteiger partial charge in [0.15, 0.2) is 0 Å². The zero-order valence-electron chi connectivity index (χ0n) is 12.8. The van der Waals surface area contributed by atoms with Crippen LogP contribution in [0.15, 0.2) is 11.0 Å². The molecule has 0 saturated heterocycles. The SMILES string of the molecule is CC(=O)O.C[C@@H](C(N)=O)n1cc2c(c(C(=O)O)c1=O)CCNC2. The fraction of sp³-hybridized carbons (Fsp3) is 0.429. The predicted octanol–water partition coefficient (Wildman–Crippen LogP) is -0.671. The van der Waals surface area contributed by atoms with Gasteiger partial charge in [0, 0.05) is 19.7 Å². The van der Waals surface area contributed by atoms with Crippen LogP contribution in [-0.4, -0.2) is 39.2 Å². The van der Waals surface area contributed by atoms with E-state index < -0.39 is 29.4 Å². The number of aromatic nitrogens is 1. The molecule has 126 valence electrons. The maximum atomic E-state index is 12.2. The Bertz CT molecular complexity index is 690. The first kappa shape index (κ1) is 18.4. The second kappa shape index (κ2) is 7.54. The van der Waals surface area contributed by atoms with Gasteiger partial charge in [-0.3, -0.25) is 14.4 Å². The summed E-state index contributed by atoms with van der Waals surface area (Å²) in [6.07, 6.45) is 2.00. The van der Waals surface area contributed by atoms with Crippen LogP contribution in [0.1, 0.15) is 41.4 Å².